The monoisotopic (exact) mass is 789 g/mol. The van der Waals surface area contributed by atoms with Gasteiger partial charge in [0.05, 0.1) is 26.0 Å². The molecular formula is C27H37N9O15P2. The van der Waals surface area contributed by atoms with Gasteiger partial charge < -0.3 is 50.8 Å². The van der Waals surface area contributed by atoms with Gasteiger partial charge in [0, 0.05) is 25.6 Å². The largest absolute Gasteiger partial charge is 0.472 e. The zero-order valence-electron chi connectivity index (χ0n) is 27.6. The van der Waals surface area contributed by atoms with Crippen LogP contribution in [-0.2, 0) is 46.5 Å². The third kappa shape index (κ3) is 10.3. The van der Waals surface area contributed by atoms with Gasteiger partial charge in [-0.2, -0.15) is 4.98 Å². The number of fused-ring (bicyclic) bond motifs is 1. The number of imidazole rings is 1. The van der Waals surface area contributed by atoms with Gasteiger partial charge >= 0.3 is 27.3 Å². The van der Waals surface area contributed by atoms with Crippen LogP contribution in [0, 0.1) is 0 Å². The first-order valence-corrected chi connectivity index (χ1v) is 18.8. The second-order valence-electron chi connectivity index (χ2n) is 11.6. The number of allylic oxidation sites excluding steroid dienone is 1. The van der Waals surface area contributed by atoms with E-state index in [1.54, 1.807) is 6.08 Å². The Morgan fingerprint density at radius 3 is 2.55 bits per heavy atom. The summed E-state index contributed by atoms with van der Waals surface area (Å²) in [7, 11) is -10.2. The fourth-order valence-electron chi connectivity index (χ4n) is 5.44. The highest BCUT2D eigenvalue weighted by Crippen LogP contribution is 2.50. The lowest BCUT2D eigenvalue weighted by Gasteiger charge is -2.24. The molecule has 0 aliphatic carbocycles. The van der Waals surface area contributed by atoms with Crippen LogP contribution in [0.2, 0.25) is 0 Å². The lowest BCUT2D eigenvalue weighted by atomic mass is 10.1. The number of hydrogen-bond donors (Lipinski definition) is 7. The van der Waals surface area contributed by atoms with Crippen LogP contribution in [0.4, 0.5) is 11.6 Å². The van der Waals surface area contributed by atoms with Crippen molar-refractivity contribution >= 4 is 50.3 Å². The lowest BCUT2D eigenvalue weighted by molar-refractivity contribution is -0.156. The first-order valence-electron chi connectivity index (χ1n) is 15.7. The van der Waals surface area contributed by atoms with Crippen molar-refractivity contribution in [3.05, 3.63) is 48.1 Å². The summed E-state index contributed by atoms with van der Waals surface area (Å²) in [4.78, 5) is 82.0. The predicted octanol–water partition coefficient (Wildman–Crippen LogP) is -1.21. The minimum absolute atomic E-state index is 0.0257. The van der Waals surface area contributed by atoms with E-state index >= 15 is 0 Å². The predicted molar refractivity (Wildman–Crippen MR) is 177 cm³/mol. The Labute approximate surface area is 298 Å². The van der Waals surface area contributed by atoms with Crippen molar-refractivity contribution in [1.29, 1.82) is 0 Å². The Hall–Kier alpha value is -4.19. The molecular weight excluding hydrogens is 752 g/mol. The summed E-state index contributed by atoms with van der Waals surface area (Å²) in [6.45, 7) is 1.78. The van der Waals surface area contributed by atoms with Gasteiger partial charge in [-0.3, -0.25) is 32.3 Å². The van der Waals surface area contributed by atoms with Crippen molar-refractivity contribution in [2.75, 3.05) is 31.2 Å². The Morgan fingerprint density at radius 1 is 1.08 bits per heavy atom. The van der Waals surface area contributed by atoms with Crippen molar-refractivity contribution < 1.29 is 66.3 Å². The summed E-state index contributed by atoms with van der Waals surface area (Å²) in [5.74, 6) is -1.27. The van der Waals surface area contributed by atoms with Gasteiger partial charge in [0.15, 0.2) is 23.8 Å². The van der Waals surface area contributed by atoms with Crippen LogP contribution in [0.5, 0.6) is 0 Å². The average molecular weight is 790 g/mol. The molecule has 2 saturated heterocycles. The molecule has 3 aromatic rings. The summed E-state index contributed by atoms with van der Waals surface area (Å²) in [6.07, 6.45) is -4.85. The molecule has 2 fully saturated rings. The van der Waals surface area contributed by atoms with Gasteiger partial charge in [-0.15, -0.1) is 6.58 Å². The van der Waals surface area contributed by atoms with Gasteiger partial charge in [-0.05, 0) is 12.5 Å². The van der Waals surface area contributed by atoms with E-state index in [9.17, 15) is 43.3 Å². The molecule has 2 aliphatic heterocycles. The van der Waals surface area contributed by atoms with Crippen LogP contribution in [0.1, 0.15) is 38.1 Å². The molecule has 5 heterocycles. The van der Waals surface area contributed by atoms with E-state index in [1.165, 1.54) is 23.2 Å². The van der Waals surface area contributed by atoms with Crippen molar-refractivity contribution in [2.24, 2.45) is 0 Å². The average Bonchev–Trinajstić information content (AvgIpc) is 3.77. The number of hydrogen-bond acceptors (Lipinski definition) is 18. The first kappa shape index (κ1) is 40.0. The van der Waals surface area contributed by atoms with Crippen LogP contribution in [0.3, 0.4) is 0 Å². The van der Waals surface area contributed by atoms with Crippen LogP contribution in [0.25, 0.3) is 11.2 Å². The summed E-state index contributed by atoms with van der Waals surface area (Å²) >= 11 is 0. The van der Waals surface area contributed by atoms with E-state index in [0.29, 0.717) is 6.42 Å². The third-order valence-corrected chi connectivity index (χ3v) is 9.38. The molecule has 0 saturated carbocycles. The van der Waals surface area contributed by atoms with E-state index in [4.69, 9.17) is 34.7 Å². The number of amides is 1. The quantitative estimate of drug-likeness (QED) is 0.0479. The summed E-state index contributed by atoms with van der Waals surface area (Å²) in [5, 5.41) is 13.9. The normalized spacial score (nSPS) is 25.6. The molecule has 26 heteroatoms. The van der Waals surface area contributed by atoms with E-state index in [2.05, 4.69) is 36.4 Å². The zero-order valence-corrected chi connectivity index (χ0v) is 29.4. The third-order valence-electron chi connectivity index (χ3n) is 7.88. The lowest BCUT2D eigenvalue weighted by Crippen LogP contribution is -2.39. The maximum Gasteiger partial charge on any atom is 0.472 e. The summed E-state index contributed by atoms with van der Waals surface area (Å²) < 4.78 is 59.1. The highest BCUT2D eigenvalue weighted by atomic mass is 31.2. The zero-order chi connectivity index (χ0) is 38.5. The van der Waals surface area contributed by atoms with E-state index < -0.39 is 83.5 Å². The van der Waals surface area contributed by atoms with E-state index in [-0.39, 0.29) is 54.5 Å². The molecule has 0 spiro atoms. The SMILES string of the molecule is C=CCCC(=O)NCCC(=O)O[C@@H]1C(COP(=O)(O)O[C@H]2C[C@H](n3ccc(N)nc3=O)O[C@@H]2COP(=O)(O)O)O[C@@H](n2cnc3c(N)ncnc32)[C@@H]1O. The standard InChI is InChI=1S/C27H37N9O15P2/c1-2-3-4-18(37)30-7-5-20(38)50-23-16(49-26(22(23)39)36-13-33-21-24(29)31-12-32-25(21)36)11-47-53(44,45)51-14-9-19(35-8-6-17(28)34-27(35)40)48-15(14)10-46-52(41,42)43/h2,6,8,12-16,19,22-23,26,39H,1,3-5,7,9-11H2,(H,30,37)(H,44,45)(H2,28,34,40)(H2,29,31,32)(H2,41,42,43)/t14-,15+,16?,19+,22+,23+,26+/m0/s1. The Kier molecular flexibility index (Phi) is 12.7. The highest BCUT2D eigenvalue weighted by Gasteiger charge is 2.49. The number of nitrogens with two attached hydrogens (primary N) is 2. The molecule has 8 atom stereocenters. The number of phosphoric ester groups is 2. The Morgan fingerprint density at radius 2 is 1.83 bits per heavy atom. The number of nitrogen functional groups attached to an aromatic ring is 2. The number of ether oxygens (including phenoxy) is 3. The van der Waals surface area contributed by atoms with Gasteiger partial charge in [0.1, 0.15) is 48.3 Å². The molecule has 1 amide bonds. The van der Waals surface area contributed by atoms with Crippen molar-refractivity contribution in [3.8, 4) is 0 Å². The number of carbonyl (C=O) groups excluding carboxylic acids is 2. The summed E-state index contributed by atoms with van der Waals surface area (Å²) in [5.41, 5.74) is 10.9. The number of nitrogens with one attached hydrogen (secondary N) is 1. The summed E-state index contributed by atoms with van der Waals surface area (Å²) in [6, 6.07) is 1.28. The maximum absolute atomic E-state index is 13.3. The van der Waals surface area contributed by atoms with Crippen LogP contribution in [-0.4, -0.2) is 111 Å². The molecule has 290 valence electrons. The molecule has 2 aliphatic rings. The number of phosphoric acid groups is 2. The number of aliphatic hydroxyl groups is 1. The number of anilines is 2. The van der Waals surface area contributed by atoms with E-state index in [0.717, 1.165) is 10.9 Å². The van der Waals surface area contributed by atoms with Gasteiger partial charge in [0.25, 0.3) is 0 Å². The smallest absolute Gasteiger partial charge is 0.456 e. The Bertz CT molecular complexity index is 1960. The molecule has 24 nitrogen and oxygen atoms in total. The van der Waals surface area contributed by atoms with Crippen LogP contribution in [0.15, 0.2) is 42.4 Å². The van der Waals surface area contributed by atoms with Crippen molar-refractivity contribution in [1.82, 2.24) is 34.4 Å². The second-order valence-corrected chi connectivity index (χ2v) is 14.3. The maximum atomic E-state index is 13.3. The minimum Gasteiger partial charge on any atom is -0.456 e. The number of esters is 1. The number of aliphatic hydroxyl groups excluding tert-OH is 1. The van der Waals surface area contributed by atoms with Crippen LogP contribution < -0.4 is 22.5 Å². The van der Waals surface area contributed by atoms with E-state index in [1.807, 2.05) is 0 Å². The molecule has 0 radical (unpaired) electrons. The Balaban J connectivity index is 1.30. The molecule has 0 aromatic carbocycles. The van der Waals surface area contributed by atoms with Gasteiger partial charge in [0.2, 0.25) is 5.91 Å². The van der Waals surface area contributed by atoms with Crippen LogP contribution >= 0.6 is 15.6 Å². The minimum atomic E-state index is -5.14. The van der Waals surface area contributed by atoms with Gasteiger partial charge in [-0.25, -0.2) is 28.9 Å². The molecule has 9 N–H and O–H groups in total. The highest BCUT2D eigenvalue weighted by molar-refractivity contribution is 7.47. The number of aromatic nitrogens is 6. The second kappa shape index (κ2) is 16.9. The molecule has 3 aromatic heterocycles. The van der Waals surface area contributed by atoms with Crippen molar-refractivity contribution in [2.45, 2.75) is 68.7 Å². The number of nitrogens with zero attached hydrogens (tertiary/aromatic N) is 6. The molecule has 53 heavy (non-hydrogen) atoms. The molecule has 5 rings (SSSR count). The fraction of sp³-hybridized carbons (Fsp3) is 0.519. The number of carbonyl (C=O) groups is 2. The molecule has 2 unspecified atom stereocenters. The van der Waals surface area contributed by atoms with Gasteiger partial charge in [-0.1, -0.05) is 6.08 Å². The molecule has 0 bridgehead atoms. The van der Waals surface area contributed by atoms with Crippen molar-refractivity contribution in [3.63, 3.8) is 0 Å². The topological polar surface area (TPSA) is 347 Å². The number of rotatable bonds is 17. The first-order chi connectivity index (χ1) is 25.0. The fourth-order valence-corrected chi connectivity index (χ4v) is 6.74.